The van der Waals surface area contributed by atoms with Crippen LogP contribution in [0.4, 0.5) is 0 Å². The number of aromatic amines is 1. The fourth-order valence-electron chi connectivity index (χ4n) is 0.129. The molecule has 0 unspecified atom stereocenters. The molecule has 0 bridgehead atoms. The van der Waals surface area contributed by atoms with Gasteiger partial charge in [0.05, 0.1) is 0 Å². The van der Waals surface area contributed by atoms with E-state index in [0.29, 0.717) is 0 Å². The van der Waals surface area contributed by atoms with Crippen molar-refractivity contribution < 1.29 is 9.90 Å². The van der Waals surface area contributed by atoms with Crippen molar-refractivity contribution in [2.45, 2.75) is 6.92 Å². The molecule has 0 amide bonds. The number of aromatic nitrogens is 4. The maximum Gasteiger partial charge on any atom is 0.300 e. The van der Waals surface area contributed by atoms with E-state index in [1.807, 2.05) is 0 Å². The van der Waals surface area contributed by atoms with E-state index < -0.39 is 5.97 Å². The molecule has 0 aliphatic rings. The largest absolute Gasteiger partial charge is 0.481 e. The number of nitrogens with one attached hydrogen (secondary N) is 1. The summed E-state index contributed by atoms with van der Waals surface area (Å²) in [7, 11) is 0. The number of nitrogens with zero attached hydrogens (tertiary/aromatic N) is 3. The Balaban J connectivity index is 0. The predicted molar refractivity (Wildman–Crippen MR) is 34.7 cm³/mol. The highest BCUT2D eigenvalue weighted by Crippen LogP contribution is 1.44. The summed E-state index contributed by atoms with van der Waals surface area (Å²) in [5.41, 5.74) is 0. The Morgan fingerprint density at radius 2 is 2.20 bits per heavy atom. The third kappa shape index (κ3) is 15.8. The van der Waals surface area contributed by atoms with Gasteiger partial charge in [-0.05, 0) is 10.4 Å². The molecule has 0 atom stereocenters. The van der Waals surface area contributed by atoms with Crippen LogP contribution in [-0.4, -0.2) is 31.7 Å². The van der Waals surface area contributed by atoms with Gasteiger partial charge in [-0.1, -0.05) is 0 Å². The third-order valence-corrected chi connectivity index (χ3v) is 0.270. The lowest BCUT2D eigenvalue weighted by Crippen LogP contribution is -1.78. The molecule has 0 radical (unpaired) electrons. The molecule has 6 nitrogen and oxygen atoms in total. The molecule has 0 aromatic carbocycles. The highest BCUT2D eigenvalue weighted by Gasteiger charge is 1.65. The molecule has 0 saturated heterocycles. The Hall–Kier alpha value is -1.17. The maximum absolute atomic E-state index is 9.00. The second kappa shape index (κ2) is 7.83. The van der Waals surface area contributed by atoms with Crippen molar-refractivity contribution in [1.29, 1.82) is 0 Å². The number of hydrogen-bond acceptors (Lipinski definition) is 4. The number of aliphatic carboxylic acids is 1. The summed E-state index contributed by atoms with van der Waals surface area (Å²) in [5.74, 6) is -0.833. The first-order valence-corrected chi connectivity index (χ1v) is 2.10. The van der Waals surface area contributed by atoms with Gasteiger partial charge in [0.15, 0.2) is 0 Å². The summed E-state index contributed by atoms with van der Waals surface area (Å²) < 4.78 is 0. The average Bonchev–Trinajstić information content (AvgIpc) is 2.11. The molecule has 1 rings (SSSR count). The summed E-state index contributed by atoms with van der Waals surface area (Å²) in [6.45, 7) is 1.08. The van der Waals surface area contributed by atoms with Crippen LogP contribution in [0.2, 0.25) is 0 Å². The van der Waals surface area contributed by atoms with Crippen molar-refractivity contribution in [1.82, 2.24) is 20.6 Å². The van der Waals surface area contributed by atoms with E-state index in [9.17, 15) is 0 Å². The molecule has 0 fully saturated rings. The number of carbonyl (C=O) groups is 1. The lowest BCUT2D eigenvalue weighted by molar-refractivity contribution is -0.134. The van der Waals surface area contributed by atoms with Crippen LogP contribution < -0.4 is 0 Å². The highest BCUT2D eigenvalue weighted by molar-refractivity contribution is 5.85. The van der Waals surface area contributed by atoms with Gasteiger partial charge in [-0.25, -0.2) is 5.10 Å². The van der Waals surface area contributed by atoms with Gasteiger partial charge >= 0.3 is 0 Å². The van der Waals surface area contributed by atoms with Crippen molar-refractivity contribution in [3.05, 3.63) is 6.33 Å². The van der Waals surface area contributed by atoms with E-state index in [-0.39, 0.29) is 12.4 Å². The van der Waals surface area contributed by atoms with E-state index in [0.717, 1.165) is 6.92 Å². The van der Waals surface area contributed by atoms with E-state index in [4.69, 9.17) is 9.90 Å². The van der Waals surface area contributed by atoms with E-state index in [1.165, 1.54) is 6.33 Å². The predicted octanol–water partition coefficient (Wildman–Crippen LogP) is -0.288. The van der Waals surface area contributed by atoms with Crippen molar-refractivity contribution in [3.63, 3.8) is 0 Å². The second-order valence-corrected chi connectivity index (χ2v) is 1.08. The Bertz CT molecular complexity index is 132. The topological polar surface area (TPSA) is 91.8 Å². The summed E-state index contributed by atoms with van der Waals surface area (Å²) in [6, 6.07) is 0. The van der Waals surface area contributed by atoms with E-state index >= 15 is 0 Å². The average molecular weight is 167 g/mol. The van der Waals surface area contributed by atoms with Gasteiger partial charge in [-0.2, -0.15) is 0 Å². The van der Waals surface area contributed by atoms with Gasteiger partial charge in [0, 0.05) is 6.92 Å². The molecule has 10 heavy (non-hydrogen) atoms. The minimum absolute atomic E-state index is 0. The molecule has 0 saturated carbocycles. The summed E-state index contributed by atoms with van der Waals surface area (Å²) in [6.07, 6.45) is 1.40. The number of rotatable bonds is 0. The smallest absolute Gasteiger partial charge is 0.300 e. The number of carboxylic acids is 1. The quantitative estimate of drug-likeness (QED) is 0.553. The lowest BCUT2D eigenvalue weighted by atomic mass is 10.9. The molecule has 0 aliphatic heterocycles. The van der Waals surface area contributed by atoms with Crippen LogP contribution >= 0.6 is 12.4 Å². The minimum Gasteiger partial charge on any atom is -0.481 e. The van der Waals surface area contributed by atoms with Gasteiger partial charge in [-0.3, -0.25) is 4.79 Å². The van der Waals surface area contributed by atoms with Gasteiger partial charge in [0.2, 0.25) is 0 Å². The number of tetrazole rings is 1. The SMILES string of the molecule is CC(=O)O.Cl.c1nnn[nH]1. The molecular weight excluding hydrogens is 160 g/mol. The van der Waals surface area contributed by atoms with Crippen molar-refractivity contribution in [2.75, 3.05) is 0 Å². The molecule has 1 aromatic rings. The van der Waals surface area contributed by atoms with Gasteiger partial charge in [0.25, 0.3) is 5.97 Å². The van der Waals surface area contributed by atoms with Gasteiger partial charge < -0.3 is 5.11 Å². The highest BCUT2D eigenvalue weighted by atomic mass is 35.5. The Kier molecular flexibility index (Phi) is 9.09. The summed E-state index contributed by atoms with van der Waals surface area (Å²) in [5, 5.41) is 19.5. The van der Waals surface area contributed by atoms with E-state index in [2.05, 4.69) is 20.6 Å². The van der Waals surface area contributed by atoms with Gasteiger partial charge in [-0.15, -0.1) is 17.5 Å². The molecule has 0 spiro atoms. The fourth-order valence-corrected chi connectivity index (χ4v) is 0.129. The van der Waals surface area contributed by atoms with Crippen molar-refractivity contribution in [2.24, 2.45) is 0 Å². The monoisotopic (exact) mass is 166 g/mol. The molecule has 2 N–H and O–H groups in total. The number of carboxylic acid groups (broad SMARTS) is 1. The number of hydrogen-bond donors (Lipinski definition) is 2. The van der Waals surface area contributed by atoms with Crippen LogP contribution in [0.1, 0.15) is 6.92 Å². The molecule has 1 aromatic heterocycles. The first-order valence-electron chi connectivity index (χ1n) is 2.10. The Morgan fingerprint density at radius 1 is 1.70 bits per heavy atom. The zero-order valence-corrected chi connectivity index (χ0v) is 6.00. The molecule has 1 heterocycles. The molecule has 7 heteroatoms. The van der Waals surface area contributed by atoms with Crippen LogP contribution in [0, 0.1) is 0 Å². The summed E-state index contributed by atoms with van der Waals surface area (Å²) in [4.78, 5) is 9.00. The van der Waals surface area contributed by atoms with Crippen molar-refractivity contribution in [3.8, 4) is 0 Å². The van der Waals surface area contributed by atoms with Crippen LogP contribution in [0.5, 0.6) is 0 Å². The minimum atomic E-state index is -0.833. The number of halogens is 1. The second-order valence-electron chi connectivity index (χ2n) is 1.08. The Labute approximate surface area is 63.0 Å². The van der Waals surface area contributed by atoms with Crippen LogP contribution in [0.15, 0.2) is 6.33 Å². The van der Waals surface area contributed by atoms with Crippen LogP contribution in [-0.2, 0) is 4.79 Å². The third-order valence-electron chi connectivity index (χ3n) is 0.270. The molecule has 0 aliphatic carbocycles. The summed E-state index contributed by atoms with van der Waals surface area (Å²) >= 11 is 0. The molecule has 58 valence electrons. The molecular formula is C3H7ClN4O2. The zero-order valence-electron chi connectivity index (χ0n) is 5.18. The zero-order chi connectivity index (χ0) is 7.11. The normalized spacial score (nSPS) is 6.50. The van der Waals surface area contributed by atoms with Gasteiger partial charge in [0.1, 0.15) is 6.33 Å². The van der Waals surface area contributed by atoms with Crippen molar-refractivity contribution >= 4 is 18.4 Å². The Morgan fingerprint density at radius 3 is 2.30 bits per heavy atom. The standard InChI is InChI=1S/C2H4O2.CH2N4.ClH/c1-2(3)4;1-2-4-5-3-1;/h1H3,(H,3,4);1H,(H,2,3,4,5);1H. The maximum atomic E-state index is 9.00. The number of H-pyrrole nitrogens is 1. The van der Waals surface area contributed by atoms with Crippen LogP contribution in [0.25, 0.3) is 0 Å². The fraction of sp³-hybridized carbons (Fsp3) is 0.333. The lowest BCUT2D eigenvalue weighted by Gasteiger charge is -1.59. The van der Waals surface area contributed by atoms with Crippen LogP contribution in [0.3, 0.4) is 0 Å². The first kappa shape index (κ1) is 11.6. The first-order chi connectivity index (χ1) is 4.23. The van der Waals surface area contributed by atoms with E-state index in [1.54, 1.807) is 0 Å².